The minimum Gasteiger partial charge on any atom is -0.459 e. The maximum Gasteiger partial charge on any atom is 0.312 e. The van der Waals surface area contributed by atoms with Crippen LogP contribution >= 0.6 is 0 Å². The zero-order chi connectivity index (χ0) is 14.6. The molecule has 5 aliphatic carbocycles. The monoisotopic (exact) mass is 276 g/mol. The minimum atomic E-state index is -0.351. The van der Waals surface area contributed by atoms with E-state index in [0.29, 0.717) is 10.8 Å². The van der Waals surface area contributed by atoms with E-state index >= 15 is 0 Å². The lowest BCUT2D eigenvalue weighted by Gasteiger charge is -2.81. The van der Waals surface area contributed by atoms with Crippen LogP contribution in [-0.4, -0.2) is 11.6 Å². The average Bonchev–Trinajstić information content (AvgIpc) is 2.65. The second-order valence-electron chi connectivity index (χ2n) is 9.12. The van der Waals surface area contributed by atoms with Gasteiger partial charge in [0, 0.05) is 5.41 Å². The quantitative estimate of drug-likeness (QED) is 0.720. The van der Waals surface area contributed by atoms with Gasteiger partial charge in [-0.15, -0.1) is 0 Å². The van der Waals surface area contributed by atoms with Gasteiger partial charge in [0.1, 0.15) is 5.60 Å². The third kappa shape index (κ3) is 1.04. The maximum absolute atomic E-state index is 12.5. The van der Waals surface area contributed by atoms with E-state index in [1.54, 1.807) is 0 Å². The van der Waals surface area contributed by atoms with Gasteiger partial charge in [-0.1, -0.05) is 6.92 Å². The van der Waals surface area contributed by atoms with E-state index < -0.39 is 0 Å². The molecule has 0 aliphatic heterocycles. The Labute approximate surface area is 122 Å². The fourth-order valence-corrected chi connectivity index (χ4v) is 6.73. The largest absolute Gasteiger partial charge is 0.459 e. The standard InChI is InChI=1S/C18H28O2/c1-6-15(2,3)14(19)20-16(4,5)18-10-12-7-11-8-13(18)9-17(11,12)18/h11-13H,6-10H2,1-5H3. The van der Waals surface area contributed by atoms with Gasteiger partial charge in [-0.3, -0.25) is 4.79 Å². The van der Waals surface area contributed by atoms with Crippen molar-refractivity contribution in [1.29, 1.82) is 0 Å². The zero-order valence-electron chi connectivity index (χ0n) is 13.6. The molecule has 5 fully saturated rings. The van der Waals surface area contributed by atoms with Gasteiger partial charge in [-0.2, -0.15) is 0 Å². The van der Waals surface area contributed by atoms with E-state index in [1.807, 2.05) is 13.8 Å². The molecule has 0 aromatic rings. The zero-order valence-corrected chi connectivity index (χ0v) is 13.6. The van der Waals surface area contributed by atoms with Crippen molar-refractivity contribution in [2.75, 3.05) is 0 Å². The van der Waals surface area contributed by atoms with Crippen LogP contribution in [0.2, 0.25) is 0 Å². The molecule has 2 heteroatoms. The number of carbonyl (C=O) groups is 1. The normalized spacial score (nSPS) is 47.8. The molecule has 0 radical (unpaired) electrons. The molecule has 1 spiro atoms. The summed E-state index contributed by atoms with van der Waals surface area (Å²) in [7, 11) is 0. The maximum atomic E-state index is 12.5. The van der Waals surface area contributed by atoms with Crippen LogP contribution in [0.15, 0.2) is 0 Å². The minimum absolute atomic E-state index is 0.00129. The Bertz CT molecular complexity index is 490. The molecule has 0 saturated heterocycles. The van der Waals surface area contributed by atoms with Crippen LogP contribution in [-0.2, 0) is 9.53 Å². The summed E-state index contributed by atoms with van der Waals surface area (Å²) in [6.07, 6.45) is 6.47. The first-order valence-electron chi connectivity index (χ1n) is 8.45. The Morgan fingerprint density at radius 3 is 2.30 bits per heavy atom. The third-order valence-electron chi connectivity index (χ3n) is 8.13. The van der Waals surface area contributed by atoms with Crippen molar-refractivity contribution in [2.24, 2.45) is 34.0 Å². The van der Waals surface area contributed by atoms with Gasteiger partial charge in [0.05, 0.1) is 5.41 Å². The molecular weight excluding hydrogens is 248 g/mol. The van der Waals surface area contributed by atoms with Crippen LogP contribution in [0.3, 0.4) is 0 Å². The second kappa shape index (κ2) is 3.28. The lowest BCUT2D eigenvalue weighted by atomic mass is 9.23. The first-order valence-corrected chi connectivity index (χ1v) is 8.45. The lowest BCUT2D eigenvalue weighted by Crippen LogP contribution is -2.79. The number of carbonyl (C=O) groups excluding carboxylic acids is 1. The number of esters is 1. The predicted molar refractivity (Wildman–Crippen MR) is 78.0 cm³/mol. The van der Waals surface area contributed by atoms with Crippen LogP contribution in [0, 0.1) is 34.0 Å². The van der Waals surface area contributed by atoms with Gasteiger partial charge < -0.3 is 4.74 Å². The van der Waals surface area contributed by atoms with Crippen LogP contribution < -0.4 is 0 Å². The van der Waals surface area contributed by atoms with Crippen LogP contribution in [0.5, 0.6) is 0 Å². The highest BCUT2D eigenvalue weighted by Gasteiger charge is 2.90. The highest BCUT2D eigenvalue weighted by atomic mass is 16.6. The molecule has 0 amide bonds. The molecule has 5 atom stereocenters. The van der Waals surface area contributed by atoms with E-state index in [0.717, 1.165) is 24.2 Å². The highest BCUT2D eigenvalue weighted by molar-refractivity contribution is 5.76. The summed E-state index contributed by atoms with van der Waals surface area (Å²) in [5.74, 6) is 2.76. The van der Waals surface area contributed by atoms with Gasteiger partial charge in [0.15, 0.2) is 0 Å². The molecule has 5 aliphatic rings. The summed E-state index contributed by atoms with van der Waals surface area (Å²) in [5.41, 5.74) is 0.312. The molecule has 0 N–H and O–H groups in total. The van der Waals surface area contributed by atoms with Crippen molar-refractivity contribution in [2.45, 2.75) is 72.3 Å². The molecule has 20 heavy (non-hydrogen) atoms. The van der Waals surface area contributed by atoms with E-state index in [4.69, 9.17) is 4.74 Å². The number of rotatable bonds is 4. The van der Waals surface area contributed by atoms with E-state index in [1.165, 1.54) is 25.7 Å². The first kappa shape index (κ1) is 13.2. The van der Waals surface area contributed by atoms with E-state index in [9.17, 15) is 4.79 Å². The molecule has 0 aromatic heterocycles. The summed E-state index contributed by atoms with van der Waals surface area (Å²) in [5, 5.41) is 0. The Balaban J connectivity index is 1.59. The van der Waals surface area contributed by atoms with Gasteiger partial charge in [-0.05, 0) is 83.0 Å². The Hall–Kier alpha value is -0.530. The van der Waals surface area contributed by atoms with Crippen LogP contribution in [0.4, 0.5) is 0 Å². The predicted octanol–water partition coefficient (Wildman–Crippen LogP) is 4.18. The molecule has 2 nitrogen and oxygen atoms in total. The van der Waals surface area contributed by atoms with Crippen LogP contribution in [0.25, 0.3) is 0 Å². The topological polar surface area (TPSA) is 26.3 Å². The van der Waals surface area contributed by atoms with Crippen molar-refractivity contribution >= 4 is 5.97 Å². The van der Waals surface area contributed by atoms with Crippen LogP contribution in [0.1, 0.15) is 66.7 Å². The summed E-state index contributed by atoms with van der Waals surface area (Å²) in [4.78, 5) is 12.5. The molecule has 0 heterocycles. The number of hydrogen-bond donors (Lipinski definition) is 0. The van der Waals surface area contributed by atoms with Gasteiger partial charge in [0.25, 0.3) is 0 Å². The van der Waals surface area contributed by atoms with Gasteiger partial charge in [-0.25, -0.2) is 0 Å². The summed E-state index contributed by atoms with van der Waals surface area (Å²) < 4.78 is 6.13. The highest BCUT2D eigenvalue weighted by Crippen LogP contribution is 2.94. The van der Waals surface area contributed by atoms with Gasteiger partial charge >= 0.3 is 5.97 Å². The molecular formula is C18H28O2. The van der Waals surface area contributed by atoms with Gasteiger partial charge in [0.2, 0.25) is 0 Å². The Morgan fingerprint density at radius 2 is 1.75 bits per heavy atom. The van der Waals surface area contributed by atoms with Crippen molar-refractivity contribution < 1.29 is 9.53 Å². The van der Waals surface area contributed by atoms with Crippen molar-refractivity contribution in [3.05, 3.63) is 0 Å². The van der Waals surface area contributed by atoms with Crippen molar-refractivity contribution in [3.8, 4) is 0 Å². The third-order valence-corrected chi connectivity index (χ3v) is 8.13. The van der Waals surface area contributed by atoms with Crippen molar-refractivity contribution in [1.82, 2.24) is 0 Å². The molecule has 0 aromatic carbocycles. The van der Waals surface area contributed by atoms with E-state index in [2.05, 4.69) is 20.8 Å². The lowest BCUT2D eigenvalue weighted by molar-refractivity contribution is -0.361. The average molecular weight is 276 g/mol. The molecule has 5 unspecified atom stereocenters. The first-order chi connectivity index (χ1) is 9.21. The van der Waals surface area contributed by atoms with Crippen molar-refractivity contribution in [3.63, 3.8) is 0 Å². The summed E-state index contributed by atoms with van der Waals surface area (Å²) in [6.45, 7) is 10.5. The molecule has 112 valence electrons. The Morgan fingerprint density at radius 1 is 1.10 bits per heavy atom. The molecule has 2 bridgehead atoms. The van der Waals surface area contributed by atoms with E-state index in [-0.39, 0.29) is 17.0 Å². The number of ether oxygens (including phenoxy) is 1. The molecule has 5 rings (SSSR count). The second-order valence-corrected chi connectivity index (χ2v) is 9.12. The fourth-order valence-electron chi connectivity index (χ4n) is 6.73. The summed E-state index contributed by atoms with van der Waals surface area (Å²) in [6, 6.07) is 0. The summed E-state index contributed by atoms with van der Waals surface area (Å²) >= 11 is 0. The Kier molecular flexibility index (Phi) is 2.16. The molecule has 5 saturated carbocycles. The number of hydrogen-bond acceptors (Lipinski definition) is 2. The fraction of sp³-hybridized carbons (Fsp3) is 0.944. The smallest absolute Gasteiger partial charge is 0.312 e. The SMILES string of the molecule is CCC(C)(C)C(=O)OC(C)(C)C12CC3CC4CC1CC432.